The Labute approximate surface area is 125 Å². The van der Waals surface area contributed by atoms with Crippen LogP contribution in [-0.4, -0.2) is 30.4 Å². The van der Waals surface area contributed by atoms with Crippen LogP contribution in [0.3, 0.4) is 0 Å². The Balaban J connectivity index is 1.46. The number of hydrogen-bond donors (Lipinski definition) is 1. The molecule has 2 heterocycles. The highest BCUT2D eigenvalue weighted by Crippen LogP contribution is 2.36. The van der Waals surface area contributed by atoms with Crippen LogP contribution in [0.2, 0.25) is 0 Å². The zero-order valence-electron chi connectivity index (χ0n) is 12.3. The SMILES string of the molecule is CC1(CNCC(=O)N2CCc3sccc3C2)CCCC1. The summed E-state index contributed by atoms with van der Waals surface area (Å²) in [4.78, 5) is 15.7. The third-order valence-electron chi connectivity index (χ3n) is 4.80. The van der Waals surface area contributed by atoms with Crippen LogP contribution in [0, 0.1) is 5.41 Å². The lowest BCUT2D eigenvalue weighted by Crippen LogP contribution is -2.42. The first-order chi connectivity index (χ1) is 9.66. The average molecular weight is 292 g/mol. The normalized spacial score (nSPS) is 20.9. The van der Waals surface area contributed by atoms with E-state index in [1.54, 1.807) is 0 Å². The highest BCUT2D eigenvalue weighted by atomic mass is 32.1. The monoisotopic (exact) mass is 292 g/mol. The van der Waals surface area contributed by atoms with Crippen molar-refractivity contribution in [2.45, 2.75) is 45.6 Å². The number of nitrogens with zero attached hydrogens (tertiary/aromatic N) is 1. The molecule has 3 nitrogen and oxygen atoms in total. The number of amides is 1. The highest BCUT2D eigenvalue weighted by molar-refractivity contribution is 7.10. The van der Waals surface area contributed by atoms with E-state index < -0.39 is 0 Å². The van der Waals surface area contributed by atoms with E-state index in [4.69, 9.17) is 0 Å². The van der Waals surface area contributed by atoms with Crippen molar-refractivity contribution in [3.8, 4) is 0 Å². The molecule has 1 aromatic heterocycles. The fraction of sp³-hybridized carbons (Fsp3) is 0.688. The highest BCUT2D eigenvalue weighted by Gasteiger charge is 2.28. The molecule has 3 rings (SSSR count). The Kier molecular flexibility index (Phi) is 4.13. The Morgan fingerprint density at radius 3 is 3.05 bits per heavy atom. The third kappa shape index (κ3) is 3.07. The topological polar surface area (TPSA) is 32.3 Å². The molecule has 0 aromatic carbocycles. The Bertz CT molecular complexity index is 477. The molecule has 0 spiro atoms. The molecule has 0 saturated heterocycles. The molecule has 1 aliphatic heterocycles. The van der Waals surface area contributed by atoms with E-state index in [2.05, 4.69) is 23.7 Å². The van der Waals surface area contributed by atoms with Crippen LogP contribution in [0.1, 0.15) is 43.0 Å². The van der Waals surface area contributed by atoms with Gasteiger partial charge < -0.3 is 10.2 Å². The van der Waals surface area contributed by atoms with E-state index in [1.807, 2.05) is 16.2 Å². The van der Waals surface area contributed by atoms with Gasteiger partial charge in [0, 0.05) is 24.5 Å². The molecule has 0 bridgehead atoms. The van der Waals surface area contributed by atoms with E-state index in [0.717, 1.165) is 26.1 Å². The summed E-state index contributed by atoms with van der Waals surface area (Å²) < 4.78 is 0. The van der Waals surface area contributed by atoms with Crippen LogP contribution in [0.15, 0.2) is 11.4 Å². The van der Waals surface area contributed by atoms with Crippen molar-refractivity contribution in [1.29, 1.82) is 0 Å². The first-order valence-electron chi connectivity index (χ1n) is 7.70. The van der Waals surface area contributed by atoms with Crippen LogP contribution in [0.4, 0.5) is 0 Å². The lowest BCUT2D eigenvalue weighted by Gasteiger charge is -2.28. The van der Waals surface area contributed by atoms with Gasteiger partial charge in [-0.15, -0.1) is 11.3 Å². The molecule has 2 aliphatic rings. The van der Waals surface area contributed by atoms with Crippen molar-refractivity contribution in [3.63, 3.8) is 0 Å². The van der Waals surface area contributed by atoms with E-state index in [-0.39, 0.29) is 5.91 Å². The fourth-order valence-corrected chi connectivity index (χ4v) is 4.34. The van der Waals surface area contributed by atoms with E-state index in [9.17, 15) is 4.79 Å². The number of carbonyl (C=O) groups excluding carboxylic acids is 1. The van der Waals surface area contributed by atoms with Crippen LogP contribution < -0.4 is 5.32 Å². The summed E-state index contributed by atoms with van der Waals surface area (Å²) >= 11 is 1.82. The molecule has 1 N–H and O–H groups in total. The molecule has 0 radical (unpaired) electrons. The van der Waals surface area contributed by atoms with E-state index >= 15 is 0 Å². The molecule has 1 aromatic rings. The van der Waals surface area contributed by atoms with Gasteiger partial charge in [-0.2, -0.15) is 0 Å². The number of fused-ring (bicyclic) bond motifs is 1. The van der Waals surface area contributed by atoms with Gasteiger partial charge in [0.25, 0.3) is 0 Å². The maximum absolute atomic E-state index is 12.3. The predicted octanol–water partition coefficient (Wildman–Crippen LogP) is 2.80. The molecular weight excluding hydrogens is 268 g/mol. The Hall–Kier alpha value is -0.870. The summed E-state index contributed by atoms with van der Waals surface area (Å²) in [5.74, 6) is 0.253. The number of hydrogen-bond acceptors (Lipinski definition) is 3. The van der Waals surface area contributed by atoms with Crippen molar-refractivity contribution in [2.24, 2.45) is 5.41 Å². The molecule has 0 unspecified atom stereocenters. The minimum atomic E-state index is 0.253. The second-order valence-electron chi connectivity index (χ2n) is 6.56. The zero-order valence-corrected chi connectivity index (χ0v) is 13.1. The number of nitrogens with one attached hydrogen (secondary N) is 1. The van der Waals surface area contributed by atoms with Crippen molar-refractivity contribution < 1.29 is 4.79 Å². The minimum Gasteiger partial charge on any atom is -0.337 e. The minimum absolute atomic E-state index is 0.253. The molecule has 110 valence electrons. The Morgan fingerprint density at radius 2 is 2.25 bits per heavy atom. The molecule has 1 saturated carbocycles. The van der Waals surface area contributed by atoms with Crippen molar-refractivity contribution >= 4 is 17.2 Å². The second kappa shape index (κ2) is 5.86. The number of thiophene rings is 1. The lowest BCUT2D eigenvalue weighted by atomic mass is 9.89. The zero-order chi connectivity index (χ0) is 14.0. The summed E-state index contributed by atoms with van der Waals surface area (Å²) in [7, 11) is 0. The fourth-order valence-electron chi connectivity index (χ4n) is 3.45. The van der Waals surface area contributed by atoms with Gasteiger partial charge in [-0.1, -0.05) is 19.8 Å². The molecular formula is C16H24N2OS. The molecule has 1 aliphatic carbocycles. The van der Waals surface area contributed by atoms with Crippen LogP contribution in [0.25, 0.3) is 0 Å². The van der Waals surface area contributed by atoms with Gasteiger partial charge in [-0.25, -0.2) is 0 Å². The number of rotatable bonds is 4. The average Bonchev–Trinajstić information content (AvgIpc) is 3.06. The smallest absolute Gasteiger partial charge is 0.236 e. The van der Waals surface area contributed by atoms with Gasteiger partial charge in [-0.3, -0.25) is 4.79 Å². The molecule has 1 amide bonds. The second-order valence-corrected chi connectivity index (χ2v) is 7.56. The van der Waals surface area contributed by atoms with Gasteiger partial charge in [0.1, 0.15) is 0 Å². The van der Waals surface area contributed by atoms with E-state index in [0.29, 0.717) is 12.0 Å². The van der Waals surface area contributed by atoms with Crippen LogP contribution in [0.5, 0.6) is 0 Å². The lowest BCUT2D eigenvalue weighted by molar-refractivity contribution is -0.131. The van der Waals surface area contributed by atoms with Crippen LogP contribution in [-0.2, 0) is 17.8 Å². The maximum atomic E-state index is 12.3. The van der Waals surface area contributed by atoms with Gasteiger partial charge in [-0.05, 0) is 41.7 Å². The quantitative estimate of drug-likeness (QED) is 0.925. The van der Waals surface area contributed by atoms with Crippen molar-refractivity contribution in [1.82, 2.24) is 10.2 Å². The first kappa shape index (κ1) is 14.1. The van der Waals surface area contributed by atoms with Gasteiger partial charge >= 0.3 is 0 Å². The van der Waals surface area contributed by atoms with Crippen molar-refractivity contribution in [2.75, 3.05) is 19.6 Å². The largest absolute Gasteiger partial charge is 0.337 e. The predicted molar refractivity (Wildman–Crippen MR) is 82.9 cm³/mol. The van der Waals surface area contributed by atoms with Crippen molar-refractivity contribution in [3.05, 3.63) is 21.9 Å². The molecule has 1 fully saturated rings. The maximum Gasteiger partial charge on any atom is 0.236 e. The summed E-state index contributed by atoms with van der Waals surface area (Å²) in [6.07, 6.45) is 6.32. The van der Waals surface area contributed by atoms with Gasteiger partial charge in [0.2, 0.25) is 5.91 Å². The first-order valence-corrected chi connectivity index (χ1v) is 8.58. The standard InChI is InChI=1S/C16H24N2OS/c1-16(6-2-3-7-16)12-17-10-15(19)18-8-4-14-13(11-18)5-9-20-14/h5,9,17H,2-4,6-8,10-12H2,1H3. The molecule has 4 heteroatoms. The summed E-state index contributed by atoms with van der Waals surface area (Å²) in [6, 6.07) is 2.16. The van der Waals surface area contributed by atoms with Gasteiger partial charge in [0.05, 0.1) is 6.54 Å². The van der Waals surface area contributed by atoms with E-state index in [1.165, 1.54) is 36.1 Å². The van der Waals surface area contributed by atoms with Gasteiger partial charge in [0.15, 0.2) is 0 Å². The summed E-state index contributed by atoms with van der Waals surface area (Å²) in [5, 5.41) is 5.53. The third-order valence-corrected chi connectivity index (χ3v) is 5.82. The molecule has 20 heavy (non-hydrogen) atoms. The summed E-state index contributed by atoms with van der Waals surface area (Å²) in [6.45, 7) is 5.50. The number of carbonyl (C=O) groups is 1. The summed E-state index contributed by atoms with van der Waals surface area (Å²) in [5.41, 5.74) is 1.76. The van der Waals surface area contributed by atoms with Crippen LogP contribution >= 0.6 is 11.3 Å². The Morgan fingerprint density at radius 1 is 1.45 bits per heavy atom. The molecule has 0 atom stereocenters.